The number of halogens is 1. The van der Waals surface area contributed by atoms with E-state index in [2.05, 4.69) is 15.6 Å². The van der Waals surface area contributed by atoms with Gasteiger partial charge in [-0.15, -0.1) is 24.0 Å². The van der Waals surface area contributed by atoms with Gasteiger partial charge in [0.15, 0.2) is 17.5 Å². The molecule has 7 nitrogen and oxygen atoms in total. The molecule has 0 heterocycles. The van der Waals surface area contributed by atoms with Crippen LogP contribution in [-0.4, -0.2) is 50.1 Å². The number of ether oxygens (including phenoxy) is 2. The third kappa shape index (κ3) is 7.89. The van der Waals surface area contributed by atoms with Gasteiger partial charge < -0.3 is 25.0 Å². The highest BCUT2D eigenvalue weighted by atomic mass is 127. The maximum absolute atomic E-state index is 12.5. The molecule has 0 aromatic heterocycles. The maximum atomic E-state index is 12.5. The summed E-state index contributed by atoms with van der Waals surface area (Å²) in [6.07, 6.45) is 0. The Bertz CT molecular complexity index is 868. The summed E-state index contributed by atoms with van der Waals surface area (Å²) in [6, 6.07) is 13.3. The number of hydrogen-bond donors (Lipinski definition) is 2. The molecule has 0 spiro atoms. The molecule has 176 valence electrons. The molecule has 2 rings (SSSR count). The summed E-state index contributed by atoms with van der Waals surface area (Å²) in [5.41, 5.74) is 2.57. The minimum absolute atomic E-state index is 0. The molecule has 0 aliphatic rings. The van der Waals surface area contributed by atoms with Crippen LogP contribution in [0.1, 0.15) is 43.6 Å². The molecular weight excluding hydrogens is 519 g/mol. The molecular formula is C24H35IN4O3. The monoisotopic (exact) mass is 554 g/mol. The number of benzene rings is 2. The van der Waals surface area contributed by atoms with E-state index in [1.165, 1.54) is 0 Å². The average Bonchev–Trinajstić information content (AvgIpc) is 2.79. The highest BCUT2D eigenvalue weighted by Gasteiger charge is 2.12. The topological polar surface area (TPSA) is 75.2 Å². The van der Waals surface area contributed by atoms with Crippen LogP contribution in [0.4, 0.5) is 5.69 Å². The molecule has 2 N–H and O–H groups in total. The van der Waals surface area contributed by atoms with E-state index < -0.39 is 0 Å². The number of methoxy groups -OCH3 is 1. The number of amides is 1. The van der Waals surface area contributed by atoms with Gasteiger partial charge in [0.2, 0.25) is 0 Å². The molecule has 0 saturated carbocycles. The number of anilines is 1. The third-order valence-electron chi connectivity index (χ3n) is 4.74. The summed E-state index contributed by atoms with van der Waals surface area (Å²) in [5.74, 6) is 2.09. The van der Waals surface area contributed by atoms with Crippen LogP contribution in [0.25, 0.3) is 0 Å². The highest BCUT2D eigenvalue weighted by Crippen LogP contribution is 2.30. The molecule has 0 unspecified atom stereocenters. The Hall–Kier alpha value is -2.49. The highest BCUT2D eigenvalue weighted by molar-refractivity contribution is 14.0. The van der Waals surface area contributed by atoms with E-state index in [0.29, 0.717) is 49.3 Å². The number of carbonyl (C=O) groups is 1. The average molecular weight is 554 g/mol. The van der Waals surface area contributed by atoms with E-state index in [4.69, 9.17) is 9.47 Å². The molecule has 0 atom stereocenters. The van der Waals surface area contributed by atoms with Crippen LogP contribution in [0.5, 0.6) is 11.5 Å². The molecule has 0 radical (unpaired) electrons. The number of aliphatic imine (C=N–C) groups is 1. The molecule has 1 amide bonds. The zero-order valence-electron chi connectivity index (χ0n) is 19.6. The fourth-order valence-corrected chi connectivity index (χ4v) is 3.08. The Labute approximate surface area is 208 Å². The SMILES string of the molecule is CCNC(=NCc1ccc(C(=O)N(CC)CC)cc1)Nc1ccc(OC)c(OCC)c1.I. The maximum Gasteiger partial charge on any atom is 0.253 e. The van der Waals surface area contributed by atoms with Gasteiger partial charge in [0.25, 0.3) is 5.91 Å². The summed E-state index contributed by atoms with van der Waals surface area (Å²) >= 11 is 0. The molecule has 8 heteroatoms. The Morgan fingerprint density at radius 2 is 1.69 bits per heavy atom. The fraction of sp³-hybridized carbons (Fsp3) is 0.417. The summed E-state index contributed by atoms with van der Waals surface area (Å²) in [5, 5.41) is 6.55. The van der Waals surface area contributed by atoms with Gasteiger partial charge in [0.1, 0.15) is 0 Å². The van der Waals surface area contributed by atoms with Gasteiger partial charge in [-0.05, 0) is 57.5 Å². The first-order valence-electron chi connectivity index (χ1n) is 10.8. The number of nitrogens with one attached hydrogen (secondary N) is 2. The van der Waals surface area contributed by atoms with Crippen molar-refractivity contribution in [2.45, 2.75) is 34.2 Å². The van der Waals surface area contributed by atoms with Crippen molar-refractivity contribution < 1.29 is 14.3 Å². The Morgan fingerprint density at radius 3 is 2.25 bits per heavy atom. The van der Waals surface area contributed by atoms with Crippen molar-refractivity contribution in [3.8, 4) is 11.5 Å². The van der Waals surface area contributed by atoms with Gasteiger partial charge in [-0.2, -0.15) is 0 Å². The smallest absolute Gasteiger partial charge is 0.253 e. The molecule has 0 bridgehead atoms. The van der Waals surface area contributed by atoms with Crippen molar-refractivity contribution in [1.29, 1.82) is 0 Å². The summed E-state index contributed by atoms with van der Waals surface area (Å²) in [6.45, 7) is 11.1. The molecule has 0 fully saturated rings. The molecule has 0 saturated heterocycles. The first-order valence-corrected chi connectivity index (χ1v) is 10.8. The van der Waals surface area contributed by atoms with Crippen molar-refractivity contribution in [3.63, 3.8) is 0 Å². The molecule has 32 heavy (non-hydrogen) atoms. The van der Waals surface area contributed by atoms with Crippen LogP contribution in [0, 0.1) is 0 Å². The van der Waals surface area contributed by atoms with Crippen LogP contribution in [0.3, 0.4) is 0 Å². The fourth-order valence-electron chi connectivity index (χ4n) is 3.08. The number of rotatable bonds is 10. The standard InChI is InChI=1S/C24H34N4O3.HI/c1-6-25-24(27-20-14-15-21(30-5)22(16-20)31-9-4)26-17-18-10-12-19(13-11-18)23(29)28(7-2)8-3;/h10-16H,6-9,17H2,1-5H3,(H2,25,26,27);1H. The van der Waals surface area contributed by atoms with Gasteiger partial charge in [-0.25, -0.2) is 4.99 Å². The van der Waals surface area contributed by atoms with E-state index in [1.807, 2.05) is 75.1 Å². The van der Waals surface area contributed by atoms with Crippen LogP contribution >= 0.6 is 24.0 Å². The van der Waals surface area contributed by atoms with E-state index in [0.717, 1.165) is 17.8 Å². The van der Waals surface area contributed by atoms with Crippen molar-refractivity contribution in [1.82, 2.24) is 10.2 Å². The van der Waals surface area contributed by atoms with Crippen LogP contribution in [-0.2, 0) is 6.54 Å². The van der Waals surface area contributed by atoms with Gasteiger partial charge in [-0.1, -0.05) is 12.1 Å². The minimum atomic E-state index is 0. The lowest BCUT2D eigenvalue weighted by molar-refractivity contribution is 0.0773. The number of guanidine groups is 1. The van der Waals surface area contributed by atoms with Crippen molar-refractivity contribution in [2.75, 3.05) is 38.7 Å². The molecule has 2 aromatic rings. The van der Waals surface area contributed by atoms with Gasteiger partial charge >= 0.3 is 0 Å². The molecule has 0 aliphatic heterocycles. The zero-order chi connectivity index (χ0) is 22.6. The second kappa shape index (κ2) is 14.5. The molecule has 2 aromatic carbocycles. The lowest BCUT2D eigenvalue weighted by atomic mass is 10.1. The van der Waals surface area contributed by atoms with Crippen LogP contribution < -0.4 is 20.1 Å². The summed E-state index contributed by atoms with van der Waals surface area (Å²) in [7, 11) is 1.62. The van der Waals surface area contributed by atoms with E-state index in [9.17, 15) is 4.79 Å². The summed E-state index contributed by atoms with van der Waals surface area (Å²) in [4.78, 5) is 18.9. The summed E-state index contributed by atoms with van der Waals surface area (Å²) < 4.78 is 11.0. The Balaban J connectivity index is 0.00000512. The first kappa shape index (κ1) is 27.5. The quantitative estimate of drug-likeness (QED) is 0.252. The van der Waals surface area contributed by atoms with Crippen molar-refractivity contribution in [2.24, 2.45) is 4.99 Å². The number of carbonyl (C=O) groups excluding carboxylic acids is 1. The van der Waals surface area contributed by atoms with E-state index in [-0.39, 0.29) is 29.9 Å². The number of nitrogens with zero attached hydrogens (tertiary/aromatic N) is 2. The van der Waals surface area contributed by atoms with Gasteiger partial charge in [-0.3, -0.25) is 4.79 Å². The lowest BCUT2D eigenvalue weighted by Gasteiger charge is -2.18. The normalized spacial score (nSPS) is 10.7. The van der Waals surface area contributed by atoms with E-state index in [1.54, 1.807) is 7.11 Å². The third-order valence-corrected chi connectivity index (χ3v) is 4.74. The van der Waals surface area contributed by atoms with Crippen molar-refractivity contribution >= 4 is 41.5 Å². The Kier molecular flexibility index (Phi) is 12.5. The second-order valence-corrected chi connectivity index (χ2v) is 6.79. The lowest BCUT2D eigenvalue weighted by Crippen LogP contribution is -2.30. The van der Waals surface area contributed by atoms with Gasteiger partial charge in [0.05, 0.1) is 20.3 Å². The Morgan fingerprint density at radius 1 is 1.00 bits per heavy atom. The zero-order valence-corrected chi connectivity index (χ0v) is 21.9. The minimum Gasteiger partial charge on any atom is -0.493 e. The predicted molar refractivity (Wildman–Crippen MR) is 142 cm³/mol. The molecule has 0 aliphatic carbocycles. The predicted octanol–water partition coefficient (Wildman–Crippen LogP) is 4.77. The van der Waals surface area contributed by atoms with Gasteiger partial charge in [0, 0.05) is 37.0 Å². The second-order valence-electron chi connectivity index (χ2n) is 6.79. The van der Waals surface area contributed by atoms with Crippen LogP contribution in [0.2, 0.25) is 0 Å². The first-order chi connectivity index (χ1) is 15.1. The largest absolute Gasteiger partial charge is 0.493 e. The van der Waals surface area contributed by atoms with Crippen molar-refractivity contribution in [3.05, 3.63) is 53.6 Å². The number of hydrogen-bond acceptors (Lipinski definition) is 4. The van der Waals surface area contributed by atoms with E-state index >= 15 is 0 Å². The van der Waals surface area contributed by atoms with Crippen LogP contribution in [0.15, 0.2) is 47.5 Å².